The van der Waals surface area contributed by atoms with E-state index in [0.29, 0.717) is 0 Å². The van der Waals surface area contributed by atoms with Crippen molar-refractivity contribution in [3.8, 4) is 5.75 Å². The van der Waals surface area contributed by atoms with Crippen LogP contribution in [0.3, 0.4) is 0 Å². The number of benzene rings is 1. The quantitative estimate of drug-likeness (QED) is 0.419. The Balaban J connectivity index is 2.07. The number of carbonyl (C=O) groups is 1. The number of ether oxygens (including phenoxy) is 2. The number of aromatic hydroxyl groups is 1. The fraction of sp³-hybridized carbons (Fsp3) is 0.462. The molecule has 8 heteroatoms. The zero-order valence-corrected chi connectivity index (χ0v) is 10.9. The van der Waals surface area contributed by atoms with Gasteiger partial charge in [-0.1, -0.05) is 0 Å². The van der Waals surface area contributed by atoms with Crippen molar-refractivity contribution in [1.82, 2.24) is 0 Å². The molecule has 1 saturated heterocycles. The van der Waals surface area contributed by atoms with Crippen LogP contribution in [-0.2, 0) is 9.47 Å². The van der Waals surface area contributed by atoms with E-state index in [2.05, 4.69) is 0 Å². The van der Waals surface area contributed by atoms with Gasteiger partial charge in [0.15, 0.2) is 0 Å². The van der Waals surface area contributed by atoms with Gasteiger partial charge >= 0.3 is 5.97 Å². The highest BCUT2D eigenvalue weighted by Gasteiger charge is 2.45. The van der Waals surface area contributed by atoms with Crippen molar-refractivity contribution < 1.29 is 39.8 Å². The van der Waals surface area contributed by atoms with Crippen molar-refractivity contribution in [2.24, 2.45) is 0 Å². The minimum Gasteiger partial charge on any atom is -0.508 e. The maximum atomic E-state index is 11.9. The predicted molar refractivity (Wildman–Crippen MR) is 67.3 cm³/mol. The van der Waals surface area contributed by atoms with Gasteiger partial charge in [0.05, 0.1) is 12.2 Å². The number of esters is 1. The van der Waals surface area contributed by atoms with Crippen LogP contribution in [-0.4, -0.2) is 68.8 Å². The highest BCUT2D eigenvalue weighted by atomic mass is 16.7. The maximum absolute atomic E-state index is 11.9. The van der Waals surface area contributed by atoms with Crippen LogP contribution in [0.25, 0.3) is 0 Å². The first-order valence-electron chi connectivity index (χ1n) is 6.24. The van der Waals surface area contributed by atoms with Gasteiger partial charge in [-0.3, -0.25) is 0 Å². The van der Waals surface area contributed by atoms with E-state index in [1.807, 2.05) is 0 Å². The van der Waals surface area contributed by atoms with E-state index in [-0.39, 0.29) is 11.3 Å². The molecule has 0 saturated carbocycles. The largest absolute Gasteiger partial charge is 0.508 e. The van der Waals surface area contributed by atoms with E-state index in [9.17, 15) is 20.1 Å². The summed E-state index contributed by atoms with van der Waals surface area (Å²) in [4.78, 5) is 11.9. The molecule has 116 valence electrons. The fourth-order valence-electron chi connectivity index (χ4n) is 1.94. The topological polar surface area (TPSA) is 137 Å². The molecule has 0 radical (unpaired) electrons. The molecular weight excluding hydrogens is 284 g/mol. The standard InChI is InChI=1S/C13H16O8/c14-5-8-9(16)10(17)11(18)13(20-8)21-12(19)6-1-3-7(15)4-2-6/h1-4,8-11,13-18H,5H2/t8-,9-,10+,11-,13+/m0/s1. The molecule has 1 aliphatic heterocycles. The molecule has 1 heterocycles. The second-order valence-electron chi connectivity index (χ2n) is 4.65. The van der Waals surface area contributed by atoms with Crippen LogP contribution >= 0.6 is 0 Å². The maximum Gasteiger partial charge on any atom is 0.340 e. The number of aliphatic hydroxyl groups is 4. The molecule has 5 N–H and O–H groups in total. The van der Waals surface area contributed by atoms with Crippen molar-refractivity contribution >= 4 is 5.97 Å². The Morgan fingerprint density at radius 1 is 1.10 bits per heavy atom. The van der Waals surface area contributed by atoms with E-state index in [4.69, 9.17) is 19.7 Å². The number of carbonyl (C=O) groups excluding carboxylic acids is 1. The SMILES string of the molecule is O=C(O[C@H]1O[C@@H](CO)[C@H](O)[C@@H](O)[C@@H]1O)c1ccc(O)cc1. The van der Waals surface area contributed by atoms with E-state index in [1.54, 1.807) is 0 Å². The minimum absolute atomic E-state index is 0.0283. The lowest BCUT2D eigenvalue weighted by Crippen LogP contribution is -2.59. The Morgan fingerprint density at radius 3 is 2.29 bits per heavy atom. The highest BCUT2D eigenvalue weighted by Crippen LogP contribution is 2.23. The number of rotatable bonds is 3. The monoisotopic (exact) mass is 300 g/mol. The van der Waals surface area contributed by atoms with Crippen molar-refractivity contribution in [3.05, 3.63) is 29.8 Å². The Labute approximate surface area is 119 Å². The zero-order chi connectivity index (χ0) is 15.6. The van der Waals surface area contributed by atoms with Gasteiger partial charge in [0, 0.05) is 0 Å². The molecule has 1 aliphatic rings. The summed E-state index contributed by atoms with van der Waals surface area (Å²) >= 11 is 0. The summed E-state index contributed by atoms with van der Waals surface area (Å²) in [6, 6.07) is 5.18. The van der Waals surface area contributed by atoms with Crippen LogP contribution < -0.4 is 0 Å². The summed E-state index contributed by atoms with van der Waals surface area (Å²) in [7, 11) is 0. The minimum atomic E-state index is -1.65. The van der Waals surface area contributed by atoms with Crippen LogP contribution in [0, 0.1) is 0 Å². The third-order valence-corrected chi connectivity index (χ3v) is 3.17. The fourth-order valence-corrected chi connectivity index (χ4v) is 1.94. The predicted octanol–water partition coefficient (Wildman–Crippen LogP) is -1.65. The van der Waals surface area contributed by atoms with Gasteiger partial charge < -0.3 is 35.0 Å². The first-order valence-corrected chi connectivity index (χ1v) is 6.24. The van der Waals surface area contributed by atoms with Gasteiger partial charge in [-0.15, -0.1) is 0 Å². The molecule has 0 aromatic heterocycles. The Bertz CT molecular complexity index is 485. The van der Waals surface area contributed by atoms with Crippen LogP contribution in [0.15, 0.2) is 24.3 Å². The molecular formula is C13H16O8. The van der Waals surface area contributed by atoms with Crippen molar-refractivity contribution in [1.29, 1.82) is 0 Å². The molecule has 1 aromatic rings. The summed E-state index contributed by atoms with van der Waals surface area (Å²) in [6.45, 7) is -0.613. The van der Waals surface area contributed by atoms with Crippen LogP contribution in [0.2, 0.25) is 0 Å². The number of phenols is 1. The molecule has 5 atom stereocenters. The normalized spacial score (nSPS) is 32.7. The van der Waals surface area contributed by atoms with E-state index in [0.717, 1.165) is 0 Å². The van der Waals surface area contributed by atoms with Gasteiger partial charge in [-0.2, -0.15) is 0 Å². The number of phenolic OH excluding ortho intramolecular Hbond substituents is 1. The second-order valence-corrected chi connectivity index (χ2v) is 4.65. The molecule has 1 aromatic carbocycles. The molecule has 0 spiro atoms. The van der Waals surface area contributed by atoms with Crippen molar-refractivity contribution in [2.45, 2.75) is 30.7 Å². The van der Waals surface area contributed by atoms with Gasteiger partial charge in [0.1, 0.15) is 30.2 Å². The van der Waals surface area contributed by atoms with E-state index >= 15 is 0 Å². The third kappa shape index (κ3) is 3.31. The van der Waals surface area contributed by atoms with E-state index < -0.39 is 43.3 Å². The van der Waals surface area contributed by atoms with Crippen LogP contribution in [0.5, 0.6) is 5.75 Å². The van der Waals surface area contributed by atoms with Crippen molar-refractivity contribution in [2.75, 3.05) is 6.61 Å². The van der Waals surface area contributed by atoms with Crippen LogP contribution in [0.4, 0.5) is 0 Å². The Hall–Kier alpha value is -1.71. The highest BCUT2D eigenvalue weighted by molar-refractivity contribution is 5.89. The van der Waals surface area contributed by atoms with E-state index in [1.165, 1.54) is 24.3 Å². The first-order chi connectivity index (χ1) is 9.93. The van der Waals surface area contributed by atoms with Crippen molar-refractivity contribution in [3.63, 3.8) is 0 Å². The Kier molecular flexibility index (Phi) is 4.76. The zero-order valence-electron chi connectivity index (χ0n) is 10.9. The molecule has 1 fully saturated rings. The third-order valence-electron chi connectivity index (χ3n) is 3.17. The average molecular weight is 300 g/mol. The summed E-state index contributed by atoms with van der Waals surface area (Å²) in [6.07, 6.45) is -7.46. The smallest absolute Gasteiger partial charge is 0.340 e. The average Bonchev–Trinajstić information content (AvgIpc) is 2.48. The number of hydrogen-bond acceptors (Lipinski definition) is 8. The summed E-state index contributed by atoms with van der Waals surface area (Å²) in [5.41, 5.74) is 0.102. The lowest BCUT2D eigenvalue weighted by atomic mass is 9.99. The molecule has 2 rings (SSSR count). The van der Waals surface area contributed by atoms with Gasteiger partial charge in [0.25, 0.3) is 0 Å². The van der Waals surface area contributed by atoms with Gasteiger partial charge in [-0.05, 0) is 24.3 Å². The molecule has 8 nitrogen and oxygen atoms in total. The molecule has 0 aliphatic carbocycles. The van der Waals surface area contributed by atoms with Gasteiger partial charge in [0.2, 0.25) is 6.29 Å². The second kappa shape index (κ2) is 6.37. The lowest BCUT2D eigenvalue weighted by Gasteiger charge is -2.39. The number of hydrogen-bond donors (Lipinski definition) is 5. The first kappa shape index (κ1) is 15.7. The summed E-state index contributed by atoms with van der Waals surface area (Å²) in [5.74, 6) is -0.876. The summed E-state index contributed by atoms with van der Waals surface area (Å²) < 4.78 is 9.95. The van der Waals surface area contributed by atoms with Gasteiger partial charge in [-0.25, -0.2) is 4.79 Å². The lowest BCUT2D eigenvalue weighted by molar-refractivity contribution is -0.285. The molecule has 0 bridgehead atoms. The molecule has 0 amide bonds. The number of aliphatic hydroxyl groups excluding tert-OH is 4. The summed E-state index contributed by atoms with van der Waals surface area (Å²) in [5, 5.41) is 47.0. The molecule has 21 heavy (non-hydrogen) atoms. The van der Waals surface area contributed by atoms with Crippen LogP contribution in [0.1, 0.15) is 10.4 Å². The Morgan fingerprint density at radius 2 is 1.71 bits per heavy atom. The molecule has 0 unspecified atom stereocenters.